The number of benzene rings is 8. The molecule has 0 spiro atoms. The Labute approximate surface area is 274 Å². The summed E-state index contributed by atoms with van der Waals surface area (Å²) in [6.07, 6.45) is 3.63. The fraction of sp³-hybridized carbons (Fsp3) is 0. The van der Waals surface area contributed by atoms with Crippen LogP contribution in [0.1, 0.15) is 0 Å². The van der Waals surface area contributed by atoms with E-state index in [4.69, 9.17) is 9.97 Å². The second kappa shape index (κ2) is 9.50. The van der Waals surface area contributed by atoms with Gasteiger partial charge in [0.05, 0.1) is 33.1 Å². The highest BCUT2D eigenvalue weighted by Crippen LogP contribution is 2.44. The molecule has 0 bridgehead atoms. The van der Waals surface area contributed by atoms with E-state index in [0.29, 0.717) is 0 Å². The molecule has 3 heterocycles. The van der Waals surface area contributed by atoms with Crippen LogP contribution in [0.3, 0.4) is 0 Å². The minimum absolute atomic E-state index is 0.915. The lowest BCUT2D eigenvalue weighted by molar-refractivity contribution is 1.18. The average Bonchev–Trinajstić information content (AvgIpc) is 3.66. The Morgan fingerprint density at radius 3 is 1.56 bits per heavy atom. The van der Waals surface area contributed by atoms with Gasteiger partial charge in [0.1, 0.15) is 0 Å². The van der Waals surface area contributed by atoms with Gasteiger partial charge in [-0.15, -0.1) is 0 Å². The maximum atomic E-state index is 5.00. The number of fused-ring (bicyclic) bond motifs is 14. The highest BCUT2D eigenvalue weighted by atomic mass is 15.0. The van der Waals surface area contributed by atoms with Gasteiger partial charge in [-0.05, 0) is 70.8 Å². The molecular weight excluding hydrogens is 585 g/mol. The molecule has 0 atom stereocenters. The summed E-state index contributed by atoms with van der Waals surface area (Å²) in [5.74, 6) is 0. The topological polar surface area (TPSA) is 35.6 Å². The van der Waals surface area contributed by atoms with E-state index in [0.717, 1.165) is 44.2 Å². The summed E-state index contributed by atoms with van der Waals surface area (Å²) >= 11 is 0. The Morgan fingerprint density at radius 2 is 0.875 bits per heavy atom. The Balaban J connectivity index is 1.36. The van der Waals surface area contributed by atoms with Gasteiger partial charge < -0.3 is 9.13 Å². The first-order valence-electron chi connectivity index (χ1n) is 16.3. The molecule has 0 fully saturated rings. The molecule has 0 unspecified atom stereocenters. The van der Waals surface area contributed by atoms with E-state index in [1.165, 1.54) is 54.1 Å². The van der Waals surface area contributed by atoms with Crippen LogP contribution >= 0.6 is 0 Å². The number of hydrogen-bond acceptors (Lipinski definition) is 2. The molecular formula is C44H26N4. The maximum absolute atomic E-state index is 5.00. The molecule has 0 aliphatic rings. The number of para-hydroxylation sites is 3. The Morgan fingerprint density at radius 1 is 0.333 bits per heavy atom. The predicted molar refractivity (Wildman–Crippen MR) is 201 cm³/mol. The lowest BCUT2D eigenvalue weighted by atomic mass is 9.95. The molecule has 0 saturated heterocycles. The van der Waals surface area contributed by atoms with Crippen molar-refractivity contribution >= 4 is 87.0 Å². The van der Waals surface area contributed by atoms with E-state index in [-0.39, 0.29) is 0 Å². The number of hydrogen-bond donors (Lipinski definition) is 0. The first kappa shape index (κ1) is 25.6. The van der Waals surface area contributed by atoms with E-state index in [2.05, 4.69) is 155 Å². The zero-order valence-electron chi connectivity index (χ0n) is 25.8. The molecule has 0 aliphatic carbocycles. The predicted octanol–water partition coefficient (Wildman–Crippen LogP) is 11.3. The molecule has 11 aromatic rings. The van der Waals surface area contributed by atoms with E-state index in [1.807, 2.05) is 12.4 Å². The van der Waals surface area contributed by atoms with Crippen LogP contribution < -0.4 is 0 Å². The van der Waals surface area contributed by atoms with E-state index in [1.54, 1.807) is 0 Å². The monoisotopic (exact) mass is 610 g/mol. The molecule has 0 aliphatic heterocycles. The highest BCUT2D eigenvalue weighted by Gasteiger charge is 2.21. The van der Waals surface area contributed by atoms with Gasteiger partial charge in [-0.3, -0.25) is 9.97 Å². The standard InChI is InChI=1S/C44H26N4/c1-3-12-28(13-4-1)47-39-18-10-9-17-31(39)35-23-33-34-24-36-32-20-19-27-11-7-8-16-30(27)44(32)48(29-14-5-2-6-15-29)41(36)26-38(34)43-42(45-21-22-46-43)37(33)25-40(35)47/h1-26H. The van der Waals surface area contributed by atoms with Gasteiger partial charge in [-0.2, -0.15) is 0 Å². The molecule has 11 rings (SSSR count). The normalized spacial score (nSPS) is 12.2. The third-order valence-corrected chi connectivity index (χ3v) is 10.1. The largest absolute Gasteiger partial charge is 0.309 e. The van der Waals surface area contributed by atoms with Crippen molar-refractivity contribution < 1.29 is 0 Å². The third kappa shape index (κ3) is 3.38. The minimum atomic E-state index is 0.915. The summed E-state index contributed by atoms with van der Waals surface area (Å²) in [5, 5.41) is 12.0. The molecule has 222 valence electrons. The SMILES string of the molecule is c1ccc(-n2c3ccccc3c3cc4c5cc6c7ccc8ccccc8c7n(-c7ccccc7)c6cc5c5nccnc5c4cc32)cc1. The Hall–Kier alpha value is -6.52. The summed E-state index contributed by atoms with van der Waals surface area (Å²) in [6.45, 7) is 0. The van der Waals surface area contributed by atoms with Crippen LogP contribution in [0.5, 0.6) is 0 Å². The van der Waals surface area contributed by atoms with E-state index < -0.39 is 0 Å². The van der Waals surface area contributed by atoms with Gasteiger partial charge in [0.25, 0.3) is 0 Å². The summed E-state index contributed by atoms with van der Waals surface area (Å²) in [5.41, 5.74) is 8.84. The highest BCUT2D eigenvalue weighted by molar-refractivity contribution is 6.30. The van der Waals surface area contributed by atoms with Crippen LogP contribution in [0.15, 0.2) is 158 Å². The fourth-order valence-corrected chi connectivity index (χ4v) is 8.11. The van der Waals surface area contributed by atoms with Crippen LogP contribution in [0.2, 0.25) is 0 Å². The zero-order chi connectivity index (χ0) is 31.3. The first-order valence-corrected chi connectivity index (χ1v) is 16.3. The summed E-state index contributed by atoms with van der Waals surface area (Å²) in [4.78, 5) is 9.99. The third-order valence-electron chi connectivity index (χ3n) is 10.1. The molecule has 48 heavy (non-hydrogen) atoms. The van der Waals surface area contributed by atoms with Gasteiger partial charge in [0, 0.05) is 61.5 Å². The van der Waals surface area contributed by atoms with Crippen molar-refractivity contribution in [2.75, 3.05) is 0 Å². The number of aromatic nitrogens is 4. The Bertz CT molecular complexity index is 3100. The van der Waals surface area contributed by atoms with Crippen molar-refractivity contribution in [3.63, 3.8) is 0 Å². The second-order valence-electron chi connectivity index (χ2n) is 12.6. The fourth-order valence-electron chi connectivity index (χ4n) is 8.11. The van der Waals surface area contributed by atoms with Crippen molar-refractivity contribution in [1.82, 2.24) is 19.1 Å². The quantitative estimate of drug-likeness (QED) is 0.183. The molecule has 8 aromatic carbocycles. The van der Waals surface area contributed by atoms with E-state index in [9.17, 15) is 0 Å². The summed E-state index contributed by atoms with van der Waals surface area (Å²) in [6, 6.07) is 52.8. The van der Waals surface area contributed by atoms with Crippen molar-refractivity contribution in [3.05, 3.63) is 158 Å². The van der Waals surface area contributed by atoms with Gasteiger partial charge in [0.15, 0.2) is 0 Å². The van der Waals surface area contributed by atoms with Gasteiger partial charge in [-0.25, -0.2) is 0 Å². The molecule has 0 radical (unpaired) electrons. The lowest BCUT2D eigenvalue weighted by Gasteiger charge is -2.13. The Kier molecular flexibility index (Phi) is 5.08. The molecule has 4 heteroatoms. The smallest absolute Gasteiger partial charge is 0.0972 e. The molecule has 0 amide bonds. The van der Waals surface area contributed by atoms with Crippen LogP contribution in [-0.4, -0.2) is 19.1 Å². The molecule has 0 N–H and O–H groups in total. The first-order chi connectivity index (χ1) is 23.8. The zero-order valence-corrected chi connectivity index (χ0v) is 25.8. The van der Waals surface area contributed by atoms with Gasteiger partial charge in [-0.1, -0.05) is 91.0 Å². The second-order valence-corrected chi connectivity index (χ2v) is 12.6. The maximum Gasteiger partial charge on any atom is 0.0972 e. The summed E-state index contributed by atoms with van der Waals surface area (Å²) in [7, 11) is 0. The minimum Gasteiger partial charge on any atom is -0.309 e. The van der Waals surface area contributed by atoms with Crippen molar-refractivity contribution in [2.45, 2.75) is 0 Å². The van der Waals surface area contributed by atoms with Crippen molar-refractivity contribution in [1.29, 1.82) is 0 Å². The molecule has 0 saturated carbocycles. The van der Waals surface area contributed by atoms with Crippen LogP contribution in [0, 0.1) is 0 Å². The number of rotatable bonds is 2. The molecule has 3 aromatic heterocycles. The number of nitrogens with zero attached hydrogens (tertiary/aromatic N) is 4. The van der Waals surface area contributed by atoms with Crippen LogP contribution in [0.25, 0.3) is 98.3 Å². The summed E-state index contributed by atoms with van der Waals surface area (Å²) < 4.78 is 4.80. The van der Waals surface area contributed by atoms with Crippen LogP contribution in [0.4, 0.5) is 0 Å². The van der Waals surface area contributed by atoms with Crippen LogP contribution in [-0.2, 0) is 0 Å². The van der Waals surface area contributed by atoms with Crippen molar-refractivity contribution in [2.24, 2.45) is 0 Å². The molecule has 4 nitrogen and oxygen atoms in total. The van der Waals surface area contributed by atoms with E-state index >= 15 is 0 Å². The van der Waals surface area contributed by atoms with Crippen molar-refractivity contribution in [3.8, 4) is 11.4 Å². The average molecular weight is 611 g/mol. The van der Waals surface area contributed by atoms with Gasteiger partial charge in [0.2, 0.25) is 0 Å². The van der Waals surface area contributed by atoms with Gasteiger partial charge >= 0.3 is 0 Å². The lowest BCUT2D eigenvalue weighted by Crippen LogP contribution is -1.95.